The minimum absolute atomic E-state index is 0.0531. The van der Waals surface area contributed by atoms with Gasteiger partial charge in [-0.25, -0.2) is 0 Å². The summed E-state index contributed by atoms with van der Waals surface area (Å²) in [5, 5.41) is 0. The fourth-order valence-corrected chi connectivity index (χ4v) is 3.51. The third-order valence-electron chi connectivity index (χ3n) is 4.69. The summed E-state index contributed by atoms with van der Waals surface area (Å²) in [5.41, 5.74) is 4.36. The molecule has 0 radical (unpaired) electrons. The molecule has 114 valence electrons. The van der Waals surface area contributed by atoms with Gasteiger partial charge in [0.2, 0.25) is 0 Å². The van der Waals surface area contributed by atoms with Crippen molar-refractivity contribution in [1.82, 2.24) is 0 Å². The van der Waals surface area contributed by atoms with E-state index in [1.54, 1.807) is 0 Å². The molecule has 0 N–H and O–H groups in total. The SMILES string of the molecule is COC(=O)[C@@H]1C[C@H]1C1=C(c2ccccc2)C(=O)c2ccccc21. The van der Waals surface area contributed by atoms with E-state index in [1.807, 2.05) is 54.6 Å². The predicted octanol–water partition coefficient (Wildman–Crippen LogP) is 3.60. The maximum atomic E-state index is 12.9. The van der Waals surface area contributed by atoms with E-state index in [1.165, 1.54) is 7.11 Å². The predicted molar refractivity (Wildman–Crippen MR) is 87.6 cm³/mol. The average Bonchev–Trinajstić information content (AvgIpc) is 3.34. The molecular weight excluding hydrogens is 288 g/mol. The summed E-state index contributed by atoms with van der Waals surface area (Å²) in [7, 11) is 1.41. The highest BCUT2D eigenvalue weighted by atomic mass is 16.5. The lowest BCUT2D eigenvalue weighted by Gasteiger charge is -2.07. The Hall–Kier alpha value is -2.68. The van der Waals surface area contributed by atoms with Crippen LogP contribution >= 0.6 is 0 Å². The molecule has 0 aliphatic heterocycles. The van der Waals surface area contributed by atoms with Crippen molar-refractivity contribution in [2.75, 3.05) is 7.11 Å². The standard InChI is InChI=1S/C20H16O3/c1-23-20(22)16-11-15(16)18-13-9-5-6-10-14(13)19(21)17(18)12-7-3-2-4-8-12/h2-10,15-16H,11H2,1H3/t15-,16-/m1/s1. The summed E-state index contributed by atoms with van der Waals surface area (Å²) in [6.07, 6.45) is 0.750. The molecule has 0 unspecified atom stereocenters. The fraction of sp³-hybridized carbons (Fsp3) is 0.200. The molecule has 0 amide bonds. The van der Waals surface area contributed by atoms with E-state index >= 15 is 0 Å². The lowest BCUT2D eigenvalue weighted by Crippen LogP contribution is -2.05. The molecule has 0 spiro atoms. The molecule has 4 rings (SSSR count). The van der Waals surface area contributed by atoms with Gasteiger partial charge in [-0.2, -0.15) is 0 Å². The lowest BCUT2D eigenvalue weighted by molar-refractivity contribution is -0.142. The Kier molecular flexibility index (Phi) is 3.15. The Morgan fingerprint density at radius 3 is 2.35 bits per heavy atom. The van der Waals surface area contributed by atoms with Crippen LogP contribution in [0.2, 0.25) is 0 Å². The van der Waals surface area contributed by atoms with E-state index in [2.05, 4.69) is 0 Å². The number of fused-ring (bicyclic) bond motifs is 1. The highest BCUT2D eigenvalue weighted by Gasteiger charge is 2.50. The zero-order chi connectivity index (χ0) is 16.0. The van der Waals surface area contributed by atoms with E-state index < -0.39 is 0 Å². The van der Waals surface area contributed by atoms with Gasteiger partial charge in [0.15, 0.2) is 5.78 Å². The van der Waals surface area contributed by atoms with Crippen molar-refractivity contribution >= 4 is 22.9 Å². The molecular formula is C20H16O3. The molecule has 2 aliphatic carbocycles. The van der Waals surface area contributed by atoms with Gasteiger partial charge >= 0.3 is 5.97 Å². The first-order chi connectivity index (χ1) is 11.2. The second-order valence-electron chi connectivity index (χ2n) is 6.00. The summed E-state index contributed by atoms with van der Waals surface area (Å²) in [6, 6.07) is 17.4. The molecule has 2 aromatic carbocycles. The van der Waals surface area contributed by atoms with Gasteiger partial charge in [-0.15, -0.1) is 0 Å². The summed E-state index contributed by atoms with van der Waals surface area (Å²) in [4.78, 5) is 24.8. The average molecular weight is 304 g/mol. The Morgan fingerprint density at radius 2 is 1.65 bits per heavy atom. The Labute approximate surface area is 134 Å². The Morgan fingerprint density at radius 1 is 1.00 bits per heavy atom. The molecule has 2 aromatic rings. The van der Waals surface area contributed by atoms with Crippen LogP contribution in [0.5, 0.6) is 0 Å². The summed E-state index contributed by atoms with van der Waals surface area (Å²) in [6.45, 7) is 0. The van der Waals surface area contributed by atoms with Gasteiger partial charge < -0.3 is 4.74 Å². The zero-order valence-electron chi connectivity index (χ0n) is 12.8. The number of esters is 1. The quantitative estimate of drug-likeness (QED) is 0.814. The van der Waals surface area contributed by atoms with Gasteiger partial charge in [0.25, 0.3) is 0 Å². The summed E-state index contributed by atoms with van der Waals surface area (Å²) in [5.74, 6) is -0.193. The van der Waals surface area contributed by atoms with Crippen molar-refractivity contribution in [3.05, 3.63) is 71.3 Å². The second kappa shape index (κ2) is 5.20. The number of allylic oxidation sites excluding steroid dienone is 2. The van der Waals surface area contributed by atoms with Crippen LogP contribution in [0.1, 0.15) is 27.9 Å². The maximum Gasteiger partial charge on any atom is 0.309 e. The summed E-state index contributed by atoms with van der Waals surface area (Å²) >= 11 is 0. The lowest BCUT2D eigenvalue weighted by atomic mass is 9.96. The normalized spacial score (nSPS) is 22.0. The highest BCUT2D eigenvalue weighted by molar-refractivity contribution is 6.40. The second-order valence-corrected chi connectivity index (χ2v) is 6.00. The van der Waals surface area contributed by atoms with Gasteiger partial charge in [0, 0.05) is 11.1 Å². The van der Waals surface area contributed by atoms with E-state index in [4.69, 9.17) is 4.74 Å². The van der Waals surface area contributed by atoms with Crippen LogP contribution in [0.25, 0.3) is 11.1 Å². The third kappa shape index (κ3) is 2.12. The molecule has 3 heteroatoms. The van der Waals surface area contributed by atoms with Gasteiger partial charge in [-0.1, -0.05) is 54.6 Å². The van der Waals surface area contributed by atoms with Crippen LogP contribution in [0.3, 0.4) is 0 Å². The van der Waals surface area contributed by atoms with Gasteiger partial charge in [-0.3, -0.25) is 9.59 Å². The Balaban J connectivity index is 1.87. The van der Waals surface area contributed by atoms with Crippen LogP contribution in [-0.2, 0) is 9.53 Å². The number of rotatable bonds is 3. The number of hydrogen-bond donors (Lipinski definition) is 0. The number of ether oxygens (including phenoxy) is 1. The van der Waals surface area contributed by atoms with E-state index in [0.29, 0.717) is 0 Å². The first kappa shape index (κ1) is 13.9. The van der Waals surface area contributed by atoms with Gasteiger partial charge in [-0.05, 0) is 29.0 Å². The minimum Gasteiger partial charge on any atom is -0.469 e. The number of carbonyl (C=O) groups is 2. The fourth-order valence-electron chi connectivity index (χ4n) is 3.51. The molecule has 0 heterocycles. The molecule has 1 fully saturated rings. The molecule has 0 bridgehead atoms. The van der Waals surface area contributed by atoms with Crippen LogP contribution in [-0.4, -0.2) is 18.9 Å². The van der Waals surface area contributed by atoms with Crippen molar-refractivity contribution in [3.8, 4) is 0 Å². The number of hydrogen-bond acceptors (Lipinski definition) is 3. The number of benzene rings is 2. The van der Waals surface area contributed by atoms with Crippen LogP contribution in [0, 0.1) is 11.8 Å². The molecule has 0 saturated heterocycles. The smallest absolute Gasteiger partial charge is 0.309 e. The van der Waals surface area contributed by atoms with E-state index in [9.17, 15) is 9.59 Å². The van der Waals surface area contributed by atoms with Crippen LogP contribution in [0.4, 0.5) is 0 Å². The van der Waals surface area contributed by atoms with Crippen LogP contribution < -0.4 is 0 Å². The molecule has 23 heavy (non-hydrogen) atoms. The molecule has 2 aliphatic rings. The maximum absolute atomic E-state index is 12.9. The monoisotopic (exact) mass is 304 g/mol. The van der Waals surface area contributed by atoms with Crippen molar-refractivity contribution in [2.24, 2.45) is 11.8 Å². The van der Waals surface area contributed by atoms with Crippen molar-refractivity contribution in [1.29, 1.82) is 0 Å². The minimum atomic E-state index is -0.188. The molecule has 1 saturated carbocycles. The zero-order valence-corrected chi connectivity index (χ0v) is 12.8. The topological polar surface area (TPSA) is 43.4 Å². The number of ketones is 1. The van der Waals surface area contributed by atoms with Gasteiger partial charge in [0.1, 0.15) is 0 Å². The number of Topliss-reactive ketones (excluding diaryl/α,β-unsaturated/α-hetero) is 1. The molecule has 2 atom stereocenters. The van der Waals surface area contributed by atoms with E-state index in [-0.39, 0.29) is 23.6 Å². The first-order valence-electron chi connectivity index (χ1n) is 7.74. The number of methoxy groups -OCH3 is 1. The van der Waals surface area contributed by atoms with Gasteiger partial charge in [0.05, 0.1) is 13.0 Å². The van der Waals surface area contributed by atoms with Crippen LogP contribution in [0.15, 0.2) is 54.6 Å². The largest absolute Gasteiger partial charge is 0.469 e. The van der Waals surface area contributed by atoms with Crippen molar-refractivity contribution < 1.29 is 14.3 Å². The van der Waals surface area contributed by atoms with Crippen molar-refractivity contribution in [2.45, 2.75) is 6.42 Å². The number of carbonyl (C=O) groups excluding carboxylic acids is 2. The van der Waals surface area contributed by atoms with E-state index in [0.717, 1.165) is 34.3 Å². The van der Waals surface area contributed by atoms with Crippen molar-refractivity contribution in [3.63, 3.8) is 0 Å². The molecule has 0 aromatic heterocycles. The highest BCUT2D eigenvalue weighted by Crippen LogP contribution is 2.54. The first-order valence-corrected chi connectivity index (χ1v) is 7.74. The summed E-state index contributed by atoms with van der Waals surface area (Å²) < 4.78 is 4.87. The third-order valence-corrected chi connectivity index (χ3v) is 4.69. The molecule has 3 nitrogen and oxygen atoms in total. The Bertz CT molecular complexity index is 833.